The third kappa shape index (κ3) is 26.8. The van der Waals surface area contributed by atoms with Crippen LogP contribution in [0.5, 0.6) is 0 Å². The average molecular weight is 1050 g/mol. The predicted molar refractivity (Wildman–Crippen MR) is 258 cm³/mol. The van der Waals surface area contributed by atoms with Crippen LogP contribution in [0, 0.1) is 5.92 Å². The second-order valence-electron chi connectivity index (χ2n) is 14.5. The average Bonchev–Trinajstić information content (AvgIpc) is 3.25. The maximum atomic E-state index is 13.5. The highest BCUT2D eigenvalue weighted by Crippen LogP contribution is 2.25. The summed E-state index contributed by atoms with van der Waals surface area (Å²) in [6.45, 7) is 6.74. The molecule has 0 aliphatic rings. The van der Waals surface area contributed by atoms with Crippen LogP contribution in [-0.4, -0.2) is 185 Å². The number of carbonyl (C=O) groups is 11. The second-order valence-corrected chi connectivity index (χ2v) is 20.8. The number of carboxylic acids is 1. The van der Waals surface area contributed by atoms with E-state index in [0.29, 0.717) is 0 Å². The van der Waals surface area contributed by atoms with Crippen LogP contribution in [0.1, 0.15) is 41.0 Å². The van der Waals surface area contributed by atoms with Gasteiger partial charge in [0.15, 0.2) is 6.35 Å². The smallest absolute Gasteiger partial charge is 0.327 e. The Balaban J connectivity index is 5.53. The highest BCUT2D eigenvalue weighted by Gasteiger charge is 2.31. The zero-order chi connectivity index (χ0) is 51.4. The number of aliphatic hydroxyl groups is 1. The number of nitrogens with two attached hydrogens (primary N) is 3. The van der Waals surface area contributed by atoms with Crippen LogP contribution in [0.25, 0.3) is 0 Å². The summed E-state index contributed by atoms with van der Waals surface area (Å²) in [5.41, 5.74) is 16.1. The molecule has 0 saturated heterocycles. The van der Waals surface area contributed by atoms with E-state index >= 15 is 0 Å². The van der Waals surface area contributed by atoms with Gasteiger partial charge in [-0.2, -0.15) is 11.8 Å². The molecule has 0 bridgehead atoms. The summed E-state index contributed by atoms with van der Waals surface area (Å²) >= 11 is 1.13. The normalized spacial score (nSPS) is 15.0. The first-order chi connectivity index (χ1) is 31.4. The van der Waals surface area contributed by atoms with Gasteiger partial charge in [0.1, 0.15) is 42.3 Å². The fraction of sp³-hybridized carbons (Fsp3) is 0.694. The van der Waals surface area contributed by atoms with Crippen molar-refractivity contribution in [2.75, 3.05) is 55.2 Å². The molecule has 0 aromatic rings. The fourth-order valence-corrected chi connectivity index (χ4v) is 10.8. The quantitative estimate of drug-likeness (QED) is 0.0162. The predicted octanol–water partition coefficient (Wildman–Crippen LogP) is -5.80. The lowest BCUT2D eigenvalue weighted by molar-refractivity contribution is -0.141. The van der Waals surface area contributed by atoms with Crippen molar-refractivity contribution in [2.24, 2.45) is 23.1 Å². The van der Waals surface area contributed by atoms with Crippen LogP contribution in [0.15, 0.2) is 0 Å². The number of amides is 10. The number of aliphatic hydroxyl groups excluding tert-OH is 1. The van der Waals surface area contributed by atoms with E-state index in [1.54, 1.807) is 13.8 Å². The summed E-state index contributed by atoms with van der Waals surface area (Å²) < 4.78 is 0. The molecule has 0 heterocycles. The van der Waals surface area contributed by atoms with Crippen molar-refractivity contribution in [3.05, 3.63) is 0 Å². The number of nitrogens with one attached hydrogen (secondary N) is 10. The molecule has 1 unspecified atom stereocenters. The number of aliphatic carboxylic acids is 1. The summed E-state index contributed by atoms with van der Waals surface area (Å²) in [4.78, 5) is 137. The van der Waals surface area contributed by atoms with Crippen LogP contribution in [0.3, 0.4) is 0 Å². The molecule has 10 amide bonds. The van der Waals surface area contributed by atoms with E-state index in [2.05, 4.69) is 53.2 Å². The van der Waals surface area contributed by atoms with E-state index in [-0.39, 0.29) is 46.9 Å². The van der Waals surface area contributed by atoms with Crippen LogP contribution in [-0.2, 0) is 52.7 Å². The summed E-state index contributed by atoms with van der Waals surface area (Å²) in [5.74, 6) is -8.33. The van der Waals surface area contributed by atoms with Gasteiger partial charge in [0.05, 0.1) is 12.6 Å². The lowest BCUT2D eigenvalue weighted by Gasteiger charge is -2.25. The number of carbonyl (C=O) groups excluding carboxylic acids is 10. The molecule has 0 fully saturated rings. The van der Waals surface area contributed by atoms with Gasteiger partial charge in [-0.05, 0) is 25.0 Å². The first kappa shape index (κ1) is 62.8. The molecule has 0 aromatic heterocycles. The Hall–Kier alpha value is -4.24. The van der Waals surface area contributed by atoms with Crippen LogP contribution >= 0.6 is 54.9 Å². The number of primary amides is 1. The molecule has 31 heteroatoms. The van der Waals surface area contributed by atoms with E-state index in [1.165, 1.54) is 34.9 Å². The van der Waals surface area contributed by atoms with Crippen LogP contribution in [0.2, 0.25) is 0 Å². The largest absolute Gasteiger partial charge is 0.480 e. The number of hydrogen-bond acceptors (Lipinski definition) is 20. The van der Waals surface area contributed by atoms with E-state index in [0.717, 1.165) is 54.9 Å². The third-order valence-electron chi connectivity index (χ3n) is 8.62. The fourth-order valence-electron chi connectivity index (χ4n) is 5.11. The number of rotatable bonds is 34. The van der Waals surface area contributed by atoms with Crippen LogP contribution < -0.4 is 70.4 Å². The van der Waals surface area contributed by atoms with E-state index in [1.807, 2.05) is 0 Å². The molecule has 0 radical (unpaired) electrons. The van der Waals surface area contributed by atoms with Crippen molar-refractivity contribution in [1.82, 2.24) is 53.2 Å². The highest BCUT2D eigenvalue weighted by molar-refractivity contribution is 8.77. The molecular formula is C36H65N13O13S5. The molecule has 0 rings (SSSR count). The number of thioether (sulfide) groups is 1. The Morgan fingerprint density at radius 2 is 0.985 bits per heavy atom. The summed E-state index contributed by atoms with van der Waals surface area (Å²) in [7, 11) is 6.90. The molecule has 26 nitrogen and oxygen atoms in total. The minimum absolute atomic E-state index is 0.0350. The van der Waals surface area contributed by atoms with Crippen molar-refractivity contribution in [1.29, 1.82) is 0 Å². The van der Waals surface area contributed by atoms with Gasteiger partial charge in [-0.25, -0.2) is 4.79 Å². The summed E-state index contributed by atoms with van der Waals surface area (Å²) in [6, 6.07) is -9.05. The molecule has 0 saturated carbocycles. The van der Waals surface area contributed by atoms with E-state index in [4.69, 9.17) is 17.2 Å². The first-order valence-corrected chi connectivity index (χ1v) is 26.5. The summed E-state index contributed by atoms with van der Waals surface area (Å²) in [6.07, 6.45) is -1.45. The lowest BCUT2D eigenvalue weighted by Crippen LogP contribution is -2.58. The number of hydrogen-bond donors (Lipinski definition) is 15. The molecule has 9 atom stereocenters. The Kier molecular flexibility index (Phi) is 31.9. The van der Waals surface area contributed by atoms with Crippen molar-refractivity contribution in [2.45, 2.75) is 95.7 Å². The maximum absolute atomic E-state index is 13.5. The van der Waals surface area contributed by atoms with Crippen molar-refractivity contribution < 1.29 is 63.0 Å². The Labute approximate surface area is 408 Å². The lowest BCUT2D eigenvalue weighted by atomic mass is 10.0. The molecular weight excluding hydrogens is 983 g/mol. The SMILES string of the molecule is CNC(=O)[C@@H](CSSC[C@@H](NC(C)=O)C(=O)N[C@H](CCSC[C@@H](NC(=O)[C@@H](C)NC(=O)[C@H](NC(N)O)C(C)C)C(N)=O)C(=O)NC)NC(=O)[C@H](CSSC[C@H](NC(=O)CN)C(=O)O)NC(C)=O. The molecule has 0 aromatic carbocycles. The minimum Gasteiger partial charge on any atom is -0.480 e. The van der Waals surface area contributed by atoms with E-state index < -0.39 is 126 Å². The molecule has 0 spiro atoms. The third-order valence-corrected chi connectivity index (χ3v) is 14.6. The van der Waals surface area contributed by atoms with Gasteiger partial charge in [0.25, 0.3) is 0 Å². The zero-order valence-electron chi connectivity index (χ0n) is 38.1. The van der Waals surface area contributed by atoms with Gasteiger partial charge >= 0.3 is 5.97 Å². The summed E-state index contributed by atoms with van der Waals surface area (Å²) in [5, 5.41) is 43.6. The topological polar surface area (TPSA) is 427 Å². The highest BCUT2D eigenvalue weighted by atomic mass is 33.1. The zero-order valence-corrected chi connectivity index (χ0v) is 42.2. The molecule has 0 aliphatic heterocycles. The number of carboxylic acid groups (broad SMARTS) is 1. The first-order valence-electron chi connectivity index (χ1n) is 20.3. The van der Waals surface area contributed by atoms with Gasteiger partial charge in [0, 0.05) is 56.7 Å². The van der Waals surface area contributed by atoms with Crippen molar-refractivity contribution >= 4 is 120 Å². The Morgan fingerprint density at radius 3 is 1.39 bits per heavy atom. The van der Waals surface area contributed by atoms with Gasteiger partial charge in [-0.15, -0.1) is 0 Å². The Bertz CT molecular complexity index is 1710. The molecule has 0 aliphatic carbocycles. The number of likely N-dealkylation sites (N-methyl/N-ethyl adjacent to an activating group) is 2. The second kappa shape index (κ2) is 34.1. The monoisotopic (exact) mass is 1050 g/mol. The minimum atomic E-state index is -1.48. The van der Waals surface area contributed by atoms with Crippen molar-refractivity contribution in [3.63, 3.8) is 0 Å². The standard InChI is InChI=1S/C36H65N13O13S5/c1-16(2)27(49-36(39)62)34(59)42-17(3)29(54)47-21(28(38)53)11-63-9-8-20(30(55)40-6)46-32(57)23(43-18(4)50)13-65-64-12-22(31(56)41-7)48-33(58)24(44-19(5)51)14-66-67-15-25(35(60)61)45-26(52)10-37/h16-17,20-25,27,36,49,62H,8-15,37,39H2,1-7H3,(H2,38,53)(H,40,55)(H,41,56)(H,42,59)(H,43,50)(H,44,51)(H,45,52)(H,46,57)(H,47,54)(H,48,58)(H,60,61)/t17-,20-,21-,22-,23-,24+,25+,27-,36?/m1/s1. The van der Waals surface area contributed by atoms with Crippen molar-refractivity contribution in [3.8, 4) is 0 Å². The van der Waals surface area contributed by atoms with Gasteiger partial charge in [-0.1, -0.05) is 57.0 Å². The molecule has 18 N–H and O–H groups in total. The maximum Gasteiger partial charge on any atom is 0.327 e. The van der Waals surface area contributed by atoms with E-state index in [9.17, 15) is 63.0 Å². The van der Waals surface area contributed by atoms with Crippen LogP contribution in [0.4, 0.5) is 0 Å². The molecule has 382 valence electrons. The van der Waals surface area contributed by atoms with Gasteiger partial charge in [-0.3, -0.25) is 59.0 Å². The van der Waals surface area contributed by atoms with Gasteiger partial charge in [0.2, 0.25) is 59.1 Å². The van der Waals surface area contributed by atoms with Gasteiger partial charge < -0.3 is 69.5 Å². The molecule has 67 heavy (non-hydrogen) atoms. The Morgan fingerprint density at radius 1 is 0.552 bits per heavy atom.